The van der Waals surface area contributed by atoms with Crippen LogP contribution in [0.2, 0.25) is 0 Å². The number of hydrogen-bond acceptors (Lipinski definition) is 3. The van der Waals surface area contributed by atoms with Crippen molar-refractivity contribution < 1.29 is 15.0 Å². The van der Waals surface area contributed by atoms with Gasteiger partial charge in [0.25, 0.3) is 0 Å². The van der Waals surface area contributed by atoms with Gasteiger partial charge in [0.2, 0.25) is 0 Å². The number of nitrogens with zero attached hydrogens (tertiary/aromatic N) is 1. The SMILES string of the molecule is CCCCCCN(Cc1ccc(-c2ccc(CCC)cc2)cc1)c1ccc(O)c(C(=O)O)c1. The summed E-state index contributed by atoms with van der Waals surface area (Å²) in [6, 6.07) is 22.2. The molecule has 3 aromatic rings. The van der Waals surface area contributed by atoms with E-state index in [0.29, 0.717) is 6.54 Å². The van der Waals surface area contributed by atoms with Crippen LogP contribution in [0.25, 0.3) is 11.1 Å². The molecule has 4 nitrogen and oxygen atoms in total. The summed E-state index contributed by atoms with van der Waals surface area (Å²) in [5.74, 6) is -1.32. The van der Waals surface area contributed by atoms with Gasteiger partial charge in [-0.15, -0.1) is 0 Å². The first-order valence-corrected chi connectivity index (χ1v) is 12.0. The Morgan fingerprint density at radius 3 is 2.00 bits per heavy atom. The molecule has 174 valence electrons. The highest BCUT2D eigenvalue weighted by atomic mass is 16.4. The topological polar surface area (TPSA) is 60.8 Å². The molecule has 33 heavy (non-hydrogen) atoms. The van der Waals surface area contributed by atoms with E-state index in [1.807, 2.05) is 0 Å². The number of hydrogen-bond donors (Lipinski definition) is 2. The minimum absolute atomic E-state index is 0.0621. The van der Waals surface area contributed by atoms with Crippen molar-refractivity contribution in [2.45, 2.75) is 58.9 Å². The smallest absolute Gasteiger partial charge is 0.339 e. The molecule has 4 heteroatoms. The van der Waals surface area contributed by atoms with Crippen LogP contribution in [0.3, 0.4) is 0 Å². The Labute approximate surface area is 197 Å². The third-order valence-electron chi connectivity index (χ3n) is 6.01. The van der Waals surface area contributed by atoms with Crippen molar-refractivity contribution >= 4 is 11.7 Å². The quantitative estimate of drug-likeness (QED) is 0.287. The lowest BCUT2D eigenvalue weighted by Gasteiger charge is -2.26. The molecule has 0 saturated carbocycles. The number of anilines is 1. The van der Waals surface area contributed by atoms with E-state index in [1.54, 1.807) is 12.1 Å². The number of carboxylic acids is 1. The fourth-order valence-electron chi connectivity index (χ4n) is 4.10. The normalized spacial score (nSPS) is 10.8. The van der Waals surface area contributed by atoms with Crippen LogP contribution >= 0.6 is 0 Å². The second-order valence-electron chi connectivity index (χ2n) is 8.63. The maximum atomic E-state index is 11.5. The number of unbranched alkanes of at least 4 members (excludes halogenated alkanes) is 3. The number of aryl methyl sites for hydroxylation is 1. The molecule has 0 amide bonds. The van der Waals surface area contributed by atoms with Crippen LogP contribution in [0.5, 0.6) is 5.75 Å². The Morgan fingerprint density at radius 2 is 1.42 bits per heavy atom. The minimum Gasteiger partial charge on any atom is -0.507 e. The molecule has 0 bridgehead atoms. The van der Waals surface area contributed by atoms with E-state index in [4.69, 9.17) is 0 Å². The fraction of sp³-hybridized carbons (Fsp3) is 0.345. The van der Waals surface area contributed by atoms with Crippen LogP contribution in [-0.4, -0.2) is 22.7 Å². The van der Waals surface area contributed by atoms with Crippen molar-refractivity contribution in [2.75, 3.05) is 11.4 Å². The van der Waals surface area contributed by atoms with Crippen LogP contribution < -0.4 is 4.90 Å². The third-order valence-corrected chi connectivity index (χ3v) is 6.01. The lowest BCUT2D eigenvalue weighted by Crippen LogP contribution is -2.24. The van der Waals surface area contributed by atoms with Crippen molar-refractivity contribution in [2.24, 2.45) is 0 Å². The Bertz CT molecular complexity index is 1030. The highest BCUT2D eigenvalue weighted by Gasteiger charge is 2.14. The average Bonchev–Trinajstić information content (AvgIpc) is 2.82. The molecular weight excluding hydrogens is 410 g/mol. The third kappa shape index (κ3) is 6.85. The van der Waals surface area contributed by atoms with Gasteiger partial charge in [0, 0.05) is 18.8 Å². The van der Waals surface area contributed by atoms with Crippen LogP contribution in [0, 0.1) is 0 Å². The molecule has 0 aliphatic rings. The Balaban J connectivity index is 1.77. The summed E-state index contributed by atoms with van der Waals surface area (Å²) in [5, 5.41) is 19.3. The number of rotatable bonds is 12. The molecule has 0 radical (unpaired) electrons. The molecular formula is C29H35NO3. The van der Waals surface area contributed by atoms with Gasteiger partial charge in [0.15, 0.2) is 0 Å². The van der Waals surface area contributed by atoms with Crippen LogP contribution in [0.1, 0.15) is 67.4 Å². The van der Waals surface area contributed by atoms with Crippen LogP contribution in [-0.2, 0) is 13.0 Å². The highest BCUT2D eigenvalue weighted by molar-refractivity contribution is 5.92. The number of carbonyl (C=O) groups is 1. The number of aromatic carboxylic acids is 1. The second-order valence-corrected chi connectivity index (χ2v) is 8.63. The molecule has 3 aromatic carbocycles. The number of phenols is 1. The minimum atomic E-state index is -1.12. The highest BCUT2D eigenvalue weighted by Crippen LogP contribution is 2.27. The van der Waals surface area contributed by atoms with Gasteiger partial charge >= 0.3 is 5.97 Å². The molecule has 0 unspecified atom stereocenters. The van der Waals surface area contributed by atoms with E-state index >= 15 is 0 Å². The number of aromatic hydroxyl groups is 1. The predicted octanol–water partition coefficient (Wildman–Crippen LogP) is 7.30. The molecule has 0 saturated heterocycles. The molecule has 0 atom stereocenters. The van der Waals surface area contributed by atoms with E-state index in [0.717, 1.165) is 37.9 Å². The van der Waals surface area contributed by atoms with E-state index in [9.17, 15) is 15.0 Å². The van der Waals surface area contributed by atoms with E-state index < -0.39 is 5.97 Å². The summed E-state index contributed by atoms with van der Waals surface area (Å²) in [7, 11) is 0. The lowest BCUT2D eigenvalue weighted by atomic mass is 10.0. The van der Waals surface area contributed by atoms with Gasteiger partial charge in [0.1, 0.15) is 11.3 Å². The van der Waals surface area contributed by atoms with Gasteiger partial charge in [0.05, 0.1) is 0 Å². The first kappa shape index (κ1) is 24.4. The van der Waals surface area contributed by atoms with E-state index in [-0.39, 0.29) is 11.3 Å². The van der Waals surface area contributed by atoms with Gasteiger partial charge in [-0.3, -0.25) is 0 Å². The predicted molar refractivity (Wildman–Crippen MR) is 136 cm³/mol. The summed E-state index contributed by atoms with van der Waals surface area (Å²) < 4.78 is 0. The van der Waals surface area contributed by atoms with Crippen molar-refractivity contribution in [3.63, 3.8) is 0 Å². The first-order chi connectivity index (χ1) is 16.0. The van der Waals surface area contributed by atoms with Crippen molar-refractivity contribution in [1.82, 2.24) is 0 Å². The number of carboxylic acid groups (broad SMARTS) is 1. The molecule has 0 aromatic heterocycles. The van der Waals surface area contributed by atoms with Crippen LogP contribution in [0.4, 0.5) is 5.69 Å². The summed E-state index contributed by atoms with van der Waals surface area (Å²) in [5.41, 5.74) is 5.69. The zero-order valence-electron chi connectivity index (χ0n) is 19.8. The molecule has 0 aliphatic heterocycles. The lowest BCUT2D eigenvalue weighted by molar-refractivity contribution is 0.0693. The Hall–Kier alpha value is -3.27. The summed E-state index contributed by atoms with van der Waals surface area (Å²) >= 11 is 0. The Morgan fingerprint density at radius 1 is 0.788 bits per heavy atom. The summed E-state index contributed by atoms with van der Waals surface area (Å²) in [6.45, 7) is 5.91. The van der Waals surface area contributed by atoms with Gasteiger partial charge in [-0.1, -0.05) is 88.1 Å². The molecule has 2 N–H and O–H groups in total. The summed E-state index contributed by atoms with van der Waals surface area (Å²) in [6.07, 6.45) is 6.80. The summed E-state index contributed by atoms with van der Waals surface area (Å²) in [4.78, 5) is 13.7. The zero-order valence-corrected chi connectivity index (χ0v) is 19.8. The van der Waals surface area contributed by atoms with E-state index in [2.05, 4.69) is 67.3 Å². The van der Waals surface area contributed by atoms with Gasteiger partial charge in [-0.25, -0.2) is 4.79 Å². The zero-order chi connectivity index (χ0) is 23.6. The van der Waals surface area contributed by atoms with Gasteiger partial charge in [-0.05, 0) is 53.3 Å². The molecule has 0 fully saturated rings. The van der Waals surface area contributed by atoms with Gasteiger partial charge in [-0.2, -0.15) is 0 Å². The molecule has 0 heterocycles. The maximum absolute atomic E-state index is 11.5. The Kier molecular flexibility index (Phi) is 8.94. The van der Waals surface area contributed by atoms with Crippen molar-refractivity contribution in [1.29, 1.82) is 0 Å². The second kappa shape index (κ2) is 12.1. The van der Waals surface area contributed by atoms with Crippen molar-refractivity contribution in [3.8, 4) is 16.9 Å². The molecule has 0 spiro atoms. The number of benzene rings is 3. The standard InChI is InChI=1S/C29H35NO3/c1-3-5-6-7-19-30(26-17-18-28(31)27(20-26)29(32)33)21-23-11-15-25(16-12-23)24-13-9-22(8-4-2)10-14-24/h9-18,20,31H,3-8,19,21H2,1-2H3,(H,32,33). The fourth-order valence-corrected chi connectivity index (χ4v) is 4.10. The maximum Gasteiger partial charge on any atom is 0.339 e. The monoisotopic (exact) mass is 445 g/mol. The molecule has 3 rings (SSSR count). The first-order valence-electron chi connectivity index (χ1n) is 12.0. The molecule has 0 aliphatic carbocycles. The van der Waals surface area contributed by atoms with Gasteiger partial charge < -0.3 is 15.1 Å². The van der Waals surface area contributed by atoms with Crippen molar-refractivity contribution in [3.05, 3.63) is 83.4 Å². The average molecular weight is 446 g/mol. The van der Waals surface area contributed by atoms with Crippen LogP contribution in [0.15, 0.2) is 66.7 Å². The largest absolute Gasteiger partial charge is 0.507 e. The van der Waals surface area contributed by atoms with E-state index in [1.165, 1.54) is 41.2 Å².